The molecule has 0 aliphatic heterocycles. The monoisotopic (exact) mass is 421 g/mol. The molecule has 2 heterocycles. The minimum absolute atomic E-state index is 0.124. The summed E-state index contributed by atoms with van der Waals surface area (Å²) in [7, 11) is 1.72. The maximum Gasteiger partial charge on any atom is 0.264 e. The van der Waals surface area contributed by atoms with Gasteiger partial charge in [0.25, 0.3) is 11.5 Å². The molecule has 0 fully saturated rings. The fourth-order valence-electron chi connectivity index (χ4n) is 3.54. The number of amides is 1. The zero-order valence-corrected chi connectivity index (χ0v) is 17.3. The predicted molar refractivity (Wildman–Crippen MR) is 118 cm³/mol. The van der Waals surface area contributed by atoms with Crippen LogP contribution in [0.15, 0.2) is 59.4 Å². The van der Waals surface area contributed by atoms with Crippen LogP contribution in [0.4, 0.5) is 5.82 Å². The first-order valence-corrected chi connectivity index (χ1v) is 9.72. The Balaban J connectivity index is 1.80. The van der Waals surface area contributed by atoms with Crippen molar-refractivity contribution in [3.8, 4) is 5.69 Å². The van der Waals surface area contributed by atoms with E-state index >= 15 is 0 Å². The van der Waals surface area contributed by atoms with Gasteiger partial charge in [0.05, 0.1) is 17.0 Å². The molecule has 0 atom stereocenters. The van der Waals surface area contributed by atoms with Crippen molar-refractivity contribution in [2.45, 2.75) is 13.5 Å². The molecule has 0 saturated carbocycles. The van der Waals surface area contributed by atoms with Crippen molar-refractivity contribution in [1.82, 2.24) is 19.7 Å². The minimum atomic E-state index is -0.351. The SMILES string of the molecule is Cc1c(C(=O)NCc2cc3cccc(Cl)c3c(=O)n2-c2ccccc2)c(N)nn1C. The van der Waals surface area contributed by atoms with Crippen molar-refractivity contribution in [3.05, 3.63) is 86.9 Å². The number of anilines is 1. The summed E-state index contributed by atoms with van der Waals surface area (Å²) < 4.78 is 3.12. The summed E-state index contributed by atoms with van der Waals surface area (Å²) in [5.41, 5.74) is 7.94. The molecule has 0 saturated heterocycles. The summed E-state index contributed by atoms with van der Waals surface area (Å²) in [5, 5.41) is 8.47. The minimum Gasteiger partial charge on any atom is -0.382 e. The van der Waals surface area contributed by atoms with E-state index < -0.39 is 0 Å². The number of nitrogens with one attached hydrogen (secondary N) is 1. The van der Waals surface area contributed by atoms with Gasteiger partial charge in [0.15, 0.2) is 5.82 Å². The molecule has 30 heavy (non-hydrogen) atoms. The van der Waals surface area contributed by atoms with Gasteiger partial charge >= 0.3 is 0 Å². The Labute approximate surface area is 177 Å². The largest absolute Gasteiger partial charge is 0.382 e. The zero-order chi connectivity index (χ0) is 21.4. The van der Waals surface area contributed by atoms with Crippen molar-refractivity contribution in [2.75, 3.05) is 5.73 Å². The fourth-order valence-corrected chi connectivity index (χ4v) is 3.80. The number of nitrogens with two attached hydrogens (primary N) is 1. The Morgan fingerprint density at radius 2 is 1.90 bits per heavy atom. The van der Waals surface area contributed by atoms with Gasteiger partial charge in [-0.2, -0.15) is 5.10 Å². The van der Waals surface area contributed by atoms with Crippen LogP contribution in [-0.2, 0) is 13.6 Å². The van der Waals surface area contributed by atoms with Crippen LogP contribution in [0, 0.1) is 6.92 Å². The molecule has 0 aliphatic rings. The molecule has 4 aromatic rings. The van der Waals surface area contributed by atoms with E-state index in [0.29, 0.717) is 38.4 Å². The van der Waals surface area contributed by atoms with E-state index in [1.807, 2.05) is 42.5 Å². The van der Waals surface area contributed by atoms with Gasteiger partial charge in [0.1, 0.15) is 5.56 Å². The van der Waals surface area contributed by atoms with E-state index in [4.69, 9.17) is 17.3 Å². The second-order valence-electron chi connectivity index (χ2n) is 6.97. The highest BCUT2D eigenvalue weighted by atomic mass is 35.5. The molecule has 1 amide bonds. The number of hydrogen-bond acceptors (Lipinski definition) is 4. The Kier molecular flexibility index (Phi) is 5.05. The number of halogens is 1. The number of rotatable bonds is 4. The van der Waals surface area contributed by atoms with Crippen LogP contribution in [0.25, 0.3) is 16.5 Å². The molecule has 0 bridgehead atoms. The molecule has 2 aromatic heterocycles. The highest BCUT2D eigenvalue weighted by molar-refractivity contribution is 6.35. The summed E-state index contributed by atoms with van der Waals surface area (Å²) in [5.74, 6) is -0.186. The average Bonchev–Trinajstić information content (AvgIpc) is 2.98. The molecule has 7 nitrogen and oxygen atoms in total. The summed E-state index contributed by atoms with van der Waals surface area (Å²) in [6, 6.07) is 16.4. The molecule has 0 aliphatic carbocycles. The molecule has 0 radical (unpaired) electrons. The average molecular weight is 422 g/mol. The van der Waals surface area contributed by atoms with Crippen LogP contribution in [-0.4, -0.2) is 20.3 Å². The van der Waals surface area contributed by atoms with Crippen molar-refractivity contribution in [1.29, 1.82) is 0 Å². The molecule has 8 heteroatoms. The molecular formula is C22H20ClN5O2. The van der Waals surface area contributed by atoms with Gasteiger partial charge < -0.3 is 11.1 Å². The number of benzene rings is 2. The molecule has 0 unspecified atom stereocenters. The third-order valence-electron chi connectivity index (χ3n) is 5.10. The number of para-hydroxylation sites is 1. The Morgan fingerprint density at radius 3 is 2.57 bits per heavy atom. The number of nitrogen functional groups attached to an aromatic ring is 1. The number of fused-ring (bicyclic) bond motifs is 1. The van der Waals surface area contributed by atoms with Crippen molar-refractivity contribution < 1.29 is 4.79 Å². The number of nitrogens with zero attached hydrogens (tertiary/aromatic N) is 3. The van der Waals surface area contributed by atoms with Crippen LogP contribution in [0.2, 0.25) is 5.02 Å². The van der Waals surface area contributed by atoms with Gasteiger partial charge in [-0.05, 0) is 36.6 Å². The first-order valence-electron chi connectivity index (χ1n) is 9.34. The summed E-state index contributed by atoms with van der Waals surface area (Å²) in [4.78, 5) is 26.1. The summed E-state index contributed by atoms with van der Waals surface area (Å²) in [6.45, 7) is 1.90. The van der Waals surface area contributed by atoms with Crippen molar-refractivity contribution in [2.24, 2.45) is 7.05 Å². The zero-order valence-electron chi connectivity index (χ0n) is 16.5. The highest BCUT2D eigenvalue weighted by Gasteiger charge is 2.19. The Morgan fingerprint density at radius 1 is 1.17 bits per heavy atom. The lowest BCUT2D eigenvalue weighted by Crippen LogP contribution is -2.29. The number of aromatic nitrogens is 3. The molecule has 4 rings (SSSR count). The molecule has 2 aromatic carbocycles. The van der Waals surface area contributed by atoms with E-state index in [1.165, 1.54) is 0 Å². The lowest BCUT2D eigenvalue weighted by Gasteiger charge is -2.16. The molecule has 0 spiro atoms. The second kappa shape index (κ2) is 7.68. The van der Waals surface area contributed by atoms with Crippen LogP contribution in [0.5, 0.6) is 0 Å². The smallest absolute Gasteiger partial charge is 0.264 e. The van der Waals surface area contributed by atoms with Gasteiger partial charge in [-0.1, -0.05) is 41.9 Å². The maximum absolute atomic E-state index is 13.3. The number of hydrogen-bond donors (Lipinski definition) is 2. The highest BCUT2D eigenvalue weighted by Crippen LogP contribution is 2.23. The Hall–Kier alpha value is -3.58. The second-order valence-corrected chi connectivity index (χ2v) is 7.37. The van der Waals surface area contributed by atoms with Crippen LogP contribution in [0.3, 0.4) is 0 Å². The van der Waals surface area contributed by atoms with Gasteiger partial charge in [-0.25, -0.2) is 0 Å². The van der Waals surface area contributed by atoms with Crippen LogP contribution in [0.1, 0.15) is 21.7 Å². The van der Waals surface area contributed by atoms with E-state index in [0.717, 1.165) is 0 Å². The normalized spacial score (nSPS) is 11.0. The van der Waals surface area contributed by atoms with Gasteiger partial charge in [0, 0.05) is 24.1 Å². The third kappa shape index (κ3) is 3.33. The van der Waals surface area contributed by atoms with Crippen molar-refractivity contribution in [3.63, 3.8) is 0 Å². The number of aryl methyl sites for hydroxylation is 1. The lowest BCUT2D eigenvalue weighted by atomic mass is 10.1. The number of pyridine rings is 1. The first-order chi connectivity index (χ1) is 14.4. The Bertz CT molecular complexity index is 1330. The first kappa shape index (κ1) is 19.7. The van der Waals surface area contributed by atoms with E-state index in [2.05, 4.69) is 10.4 Å². The van der Waals surface area contributed by atoms with E-state index in [-0.39, 0.29) is 23.8 Å². The van der Waals surface area contributed by atoms with E-state index in [1.54, 1.807) is 35.4 Å². The van der Waals surface area contributed by atoms with Crippen LogP contribution >= 0.6 is 11.6 Å². The fraction of sp³-hybridized carbons (Fsp3) is 0.136. The van der Waals surface area contributed by atoms with Gasteiger partial charge in [0.2, 0.25) is 0 Å². The lowest BCUT2D eigenvalue weighted by molar-refractivity contribution is 0.0950. The quantitative estimate of drug-likeness (QED) is 0.529. The van der Waals surface area contributed by atoms with Gasteiger partial charge in [-0.3, -0.25) is 18.8 Å². The molecule has 152 valence electrons. The van der Waals surface area contributed by atoms with Gasteiger partial charge in [-0.15, -0.1) is 0 Å². The number of carbonyl (C=O) groups excluding carboxylic acids is 1. The molecule has 3 N–H and O–H groups in total. The maximum atomic E-state index is 13.3. The topological polar surface area (TPSA) is 94.9 Å². The van der Waals surface area contributed by atoms with Crippen molar-refractivity contribution >= 4 is 34.1 Å². The van der Waals surface area contributed by atoms with Crippen LogP contribution < -0.4 is 16.6 Å². The standard InChI is InChI=1S/C22H20ClN5O2/c1-13-18(20(24)26-27(13)2)21(29)25-12-16-11-14-7-6-10-17(23)19(14)22(30)28(16)15-8-4-3-5-9-15/h3-11H,12H2,1-2H3,(H2,24,26)(H,25,29). The predicted octanol–water partition coefficient (Wildman–Crippen LogP) is 3.20. The number of carbonyl (C=O) groups is 1. The summed E-state index contributed by atoms with van der Waals surface area (Å²) >= 11 is 6.31. The molecular weight excluding hydrogens is 402 g/mol. The summed E-state index contributed by atoms with van der Waals surface area (Å²) in [6.07, 6.45) is 0. The van der Waals surface area contributed by atoms with E-state index in [9.17, 15) is 9.59 Å². The third-order valence-corrected chi connectivity index (χ3v) is 5.42.